The fourth-order valence-corrected chi connectivity index (χ4v) is 3.13. The Morgan fingerprint density at radius 3 is 2.55 bits per heavy atom. The predicted molar refractivity (Wildman–Crippen MR) is 109 cm³/mol. The summed E-state index contributed by atoms with van der Waals surface area (Å²) in [5, 5.41) is 22.5. The second-order valence-electron chi connectivity index (χ2n) is 6.43. The summed E-state index contributed by atoms with van der Waals surface area (Å²) in [6.07, 6.45) is 1.81. The van der Waals surface area contributed by atoms with Crippen LogP contribution in [0.5, 0.6) is 0 Å². The minimum Gasteiger partial charge on any atom is -0.322 e. The highest BCUT2D eigenvalue weighted by atomic mass is 16.1. The van der Waals surface area contributed by atoms with Crippen LogP contribution in [-0.4, -0.2) is 36.3 Å². The SMILES string of the molecule is O=C(Nc1ccc(-n2ncc3ccc(-c4nn[nH]n4)cc32)cc1)c1ccccc1. The van der Waals surface area contributed by atoms with Gasteiger partial charge in [-0.3, -0.25) is 4.79 Å². The van der Waals surface area contributed by atoms with E-state index in [4.69, 9.17) is 0 Å². The number of fused-ring (bicyclic) bond motifs is 1. The Morgan fingerprint density at radius 2 is 1.79 bits per heavy atom. The average molecular weight is 381 g/mol. The molecule has 0 aliphatic heterocycles. The van der Waals surface area contributed by atoms with Crippen LogP contribution < -0.4 is 5.32 Å². The van der Waals surface area contributed by atoms with Crippen molar-refractivity contribution < 1.29 is 4.79 Å². The third-order valence-electron chi connectivity index (χ3n) is 4.58. The molecule has 0 aliphatic carbocycles. The molecule has 0 unspecified atom stereocenters. The van der Waals surface area contributed by atoms with Crippen LogP contribution in [0.4, 0.5) is 5.69 Å². The van der Waals surface area contributed by atoms with Gasteiger partial charge in [-0.25, -0.2) is 4.68 Å². The second kappa shape index (κ2) is 7.01. The third-order valence-corrected chi connectivity index (χ3v) is 4.58. The number of H-pyrrole nitrogens is 1. The summed E-state index contributed by atoms with van der Waals surface area (Å²) in [4.78, 5) is 12.3. The molecule has 8 heteroatoms. The van der Waals surface area contributed by atoms with Crippen LogP contribution in [0.3, 0.4) is 0 Å². The molecule has 2 heterocycles. The molecule has 0 spiro atoms. The molecule has 0 radical (unpaired) electrons. The lowest BCUT2D eigenvalue weighted by Gasteiger charge is -2.08. The number of tetrazole rings is 1. The molecule has 0 fully saturated rings. The number of aromatic nitrogens is 6. The largest absolute Gasteiger partial charge is 0.322 e. The fourth-order valence-electron chi connectivity index (χ4n) is 3.13. The zero-order valence-electron chi connectivity index (χ0n) is 15.1. The first-order chi connectivity index (χ1) is 14.3. The first-order valence-corrected chi connectivity index (χ1v) is 8.96. The van der Waals surface area contributed by atoms with Gasteiger partial charge in [0, 0.05) is 22.2 Å². The van der Waals surface area contributed by atoms with Gasteiger partial charge in [-0.05, 0) is 47.7 Å². The highest BCUT2D eigenvalue weighted by Gasteiger charge is 2.10. The van der Waals surface area contributed by atoms with Gasteiger partial charge in [-0.1, -0.05) is 30.3 Å². The number of aromatic amines is 1. The van der Waals surface area contributed by atoms with Crippen molar-refractivity contribution in [2.45, 2.75) is 0 Å². The molecule has 0 atom stereocenters. The summed E-state index contributed by atoms with van der Waals surface area (Å²) in [5.74, 6) is 0.381. The van der Waals surface area contributed by atoms with Crippen LogP contribution in [0.25, 0.3) is 28.0 Å². The van der Waals surface area contributed by atoms with E-state index >= 15 is 0 Å². The zero-order valence-corrected chi connectivity index (χ0v) is 15.1. The van der Waals surface area contributed by atoms with Crippen molar-refractivity contribution in [2.75, 3.05) is 5.32 Å². The van der Waals surface area contributed by atoms with Gasteiger partial charge in [0.15, 0.2) is 0 Å². The molecule has 0 saturated heterocycles. The Balaban J connectivity index is 1.43. The number of rotatable bonds is 4. The molecule has 5 aromatic rings. The zero-order chi connectivity index (χ0) is 19.6. The summed E-state index contributed by atoms with van der Waals surface area (Å²) < 4.78 is 1.84. The number of carbonyl (C=O) groups excluding carboxylic acids is 1. The van der Waals surface area contributed by atoms with Crippen LogP contribution in [0.1, 0.15) is 10.4 Å². The molecule has 0 bridgehead atoms. The molecule has 3 aromatic carbocycles. The molecule has 0 aliphatic rings. The van der Waals surface area contributed by atoms with Gasteiger partial charge in [-0.2, -0.15) is 10.3 Å². The number of hydrogen-bond acceptors (Lipinski definition) is 5. The number of benzene rings is 3. The van der Waals surface area contributed by atoms with Crippen molar-refractivity contribution in [1.82, 2.24) is 30.4 Å². The highest BCUT2D eigenvalue weighted by Crippen LogP contribution is 2.24. The van der Waals surface area contributed by atoms with Crippen molar-refractivity contribution in [3.63, 3.8) is 0 Å². The number of hydrogen-bond donors (Lipinski definition) is 2. The molecule has 140 valence electrons. The van der Waals surface area contributed by atoms with Gasteiger partial charge >= 0.3 is 0 Å². The maximum absolute atomic E-state index is 12.3. The Kier molecular flexibility index (Phi) is 4.06. The molecular weight excluding hydrogens is 366 g/mol. The van der Waals surface area contributed by atoms with E-state index in [2.05, 4.69) is 31.0 Å². The van der Waals surface area contributed by atoms with Gasteiger partial charge in [0.25, 0.3) is 5.91 Å². The quantitative estimate of drug-likeness (QED) is 0.496. The lowest BCUT2D eigenvalue weighted by molar-refractivity contribution is 0.102. The number of nitrogens with zero attached hydrogens (tertiary/aromatic N) is 5. The summed E-state index contributed by atoms with van der Waals surface area (Å²) in [6.45, 7) is 0. The number of amides is 1. The number of carbonyl (C=O) groups is 1. The van der Waals surface area contributed by atoms with Crippen LogP contribution in [0, 0.1) is 0 Å². The van der Waals surface area contributed by atoms with Crippen molar-refractivity contribution >= 4 is 22.5 Å². The maximum Gasteiger partial charge on any atom is 0.255 e. The predicted octanol–water partition coefficient (Wildman–Crippen LogP) is 3.46. The van der Waals surface area contributed by atoms with E-state index in [1.807, 2.05) is 65.3 Å². The van der Waals surface area contributed by atoms with Crippen LogP contribution in [-0.2, 0) is 0 Å². The lowest BCUT2D eigenvalue weighted by Crippen LogP contribution is -2.11. The highest BCUT2D eigenvalue weighted by molar-refractivity contribution is 6.04. The minimum absolute atomic E-state index is 0.146. The molecule has 5 rings (SSSR count). The molecule has 2 N–H and O–H groups in total. The number of nitrogens with one attached hydrogen (secondary N) is 2. The van der Waals surface area contributed by atoms with E-state index in [-0.39, 0.29) is 5.91 Å². The van der Waals surface area contributed by atoms with Crippen LogP contribution in [0.15, 0.2) is 79.0 Å². The van der Waals surface area contributed by atoms with E-state index in [9.17, 15) is 4.79 Å². The minimum atomic E-state index is -0.146. The molecule has 8 nitrogen and oxygen atoms in total. The first-order valence-electron chi connectivity index (χ1n) is 8.96. The Bertz CT molecular complexity index is 1280. The van der Waals surface area contributed by atoms with Crippen molar-refractivity contribution in [3.05, 3.63) is 84.6 Å². The van der Waals surface area contributed by atoms with Gasteiger partial charge in [0.2, 0.25) is 5.82 Å². The topological polar surface area (TPSA) is 101 Å². The van der Waals surface area contributed by atoms with Crippen LogP contribution in [0.2, 0.25) is 0 Å². The molecule has 2 aromatic heterocycles. The molecule has 29 heavy (non-hydrogen) atoms. The van der Waals surface area contributed by atoms with E-state index in [1.165, 1.54) is 0 Å². The molecular formula is C21H15N7O. The Hall–Kier alpha value is -4.33. The summed E-state index contributed by atoms with van der Waals surface area (Å²) >= 11 is 0. The monoisotopic (exact) mass is 381 g/mol. The van der Waals surface area contributed by atoms with Gasteiger partial charge in [0.05, 0.1) is 17.4 Å². The average Bonchev–Trinajstić information content (AvgIpc) is 3.45. The standard InChI is InChI=1S/C21H15N7O/c29-21(14-4-2-1-3-5-14)23-17-8-10-18(11-9-17)28-19-12-15(20-24-26-27-25-20)6-7-16(19)13-22-28/h1-13H,(H,23,29)(H,24,25,26,27). The molecule has 1 amide bonds. The maximum atomic E-state index is 12.3. The Morgan fingerprint density at radius 1 is 0.966 bits per heavy atom. The first kappa shape index (κ1) is 16.8. The third kappa shape index (κ3) is 3.23. The Labute approximate surface area is 165 Å². The lowest BCUT2D eigenvalue weighted by atomic mass is 10.1. The summed E-state index contributed by atoms with van der Waals surface area (Å²) in [6, 6.07) is 22.5. The van der Waals surface area contributed by atoms with Gasteiger partial charge in [0.1, 0.15) is 0 Å². The molecule has 0 saturated carbocycles. The van der Waals surface area contributed by atoms with Crippen molar-refractivity contribution in [2.24, 2.45) is 0 Å². The van der Waals surface area contributed by atoms with Crippen molar-refractivity contribution in [1.29, 1.82) is 0 Å². The van der Waals surface area contributed by atoms with E-state index in [1.54, 1.807) is 18.3 Å². The van der Waals surface area contributed by atoms with Gasteiger partial charge < -0.3 is 5.32 Å². The van der Waals surface area contributed by atoms with E-state index in [0.29, 0.717) is 17.1 Å². The summed E-state index contributed by atoms with van der Waals surface area (Å²) in [5.41, 5.74) is 3.98. The van der Waals surface area contributed by atoms with Crippen LogP contribution >= 0.6 is 0 Å². The van der Waals surface area contributed by atoms with Crippen molar-refractivity contribution in [3.8, 4) is 17.1 Å². The van der Waals surface area contributed by atoms with E-state index < -0.39 is 0 Å². The normalized spacial score (nSPS) is 10.9. The van der Waals surface area contributed by atoms with Gasteiger partial charge in [-0.15, -0.1) is 10.2 Å². The summed E-state index contributed by atoms with van der Waals surface area (Å²) in [7, 11) is 0. The second-order valence-corrected chi connectivity index (χ2v) is 6.43. The number of anilines is 1. The van der Waals surface area contributed by atoms with E-state index in [0.717, 1.165) is 22.2 Å². The smallest absolute Gasteiger partial charge is 0.255 e. The fraction of sp³-hybridized carbons (Fsp3) is 0.